The summed E-state index contributed by atoms with van der Waals surface area (Å²) in [5.74, 6) is 0.129. The minimum absolute atomic E-state index is 0.129. The highest BCUT2D eigenvalue weighted by Gasteiger charge is 2.01. The first-order chi connectivity index (χ1) is 9.24. The Labute approximate surface area is 117 Å². The number of carbonyl (C=O) groups is 1. The van der Waals surface area contributed by atoms with Gasteiger partial charge in [-0.2, -0.15) is 0 Å². The predicted octanol–water partition coefficient (Wildman–Crippen LogP) is 5.57. The van der Waals surface area contributed by atoms with E-state index in [1.807, 2.05) is 30.3 Å². The minimum Gasteiger partial charge on any atom is -0.289 e. The van der Waals surface area contributed by atoms with Crippen LogP contribution in [0.1, 0.15) is 69.2 Å². The second-order valence-corrected chi connectivity index (χ2v) is 5.24. The van der Waals surface area contributed by atoms with E-state index in [0.29, 0.717) is 0 Å². The van der Waals surface area contributed by atoms with Gasteiger partial charge in [0.15, 0.2) is 5.78 Å². The van der Waals surface area contributed by atoms with Crippen LogP contribution >= 0.6 is 0 Å². The standard InChI is InChI=1S/C18H26O/c1-3-4-5-6-7-9-12-16(2)15-18(19)17-13-10-8-11-14-17/h8,10-11,13-15H,3-7,9,12H2,1-2H3/b16-15+. The van der Waals surface area contributed by atoms with Crippen molar-refractivity contribution in [2.24, 2.45) is 0 Å². The molecular weight excluding hydrogens is 232 g/mol. The van der Waals surface area contributed by atoms with Crippen LogP contribution in [0.25, 0.3) is 0 Å². The van der Waals surface area contributed by atoms with E-state index in [9.17, 15) is 4.79 Å². The Morgan fingerprint density at radius 1 is 1.00 bits per heavy atom. The number of carbonyl (C=O) groups excluding carboxylic acids is 1. The summed E-state index contributed by atoms with van der Waals surface area (Å²) in [6, 6.07) is 9.49. The molecule has 0 saturated heterocycles. The SMILES string of the molecule is CCCCCCCC/C(C)=C/C(=O)c1ccccc1. The zero-order valence-corrected chi connectivity index (χ0v) is 12.3. The molecule has 1 rings (SSSR count). The van der Waals surface area contributed by atoms with Crippen LogP contribution in [0, 0.1) is 0 Å². The lowest BCUT2D eigenvalue weighted by atomic mass is 10.0. The Kier molecular flexibility index (Phi) is 7.88. The summed E-state index contributed by atoms with van der Waals surface area (Å²) in [5.41, 5.74) is 1.98. The molecule has 1 heteroatoms. The molecule has 0 N–H and O–H groups in total. The van der Waals surface area contributed by atoms with E-state index < -0.39 is 0 Å². The van der Waals surface area contributed by atoms with Gasteiger partial charge in [0, 0.05) is 5.56 Å². The molecule has 0 heterocycles. The number of benzene rings is 1. The summed E-state index contributed by atoms with van der Waals surface area (Å²) in [6.45, 7) is 4.30. The van der Waals surface area contributed by atoms with Gasteiger partial charge in [0.2, 0.25) is 0 Å². The van der Waals surface area contributed by atoms with Gasteiger partial charge in [-0.25, -0.2) is 0 Å². The first-order valence-electron chi connectivity index (χ1n) is 7.50. The summed E-state index contributed by atoms with van der Waals surface area (Å²) in [4.78, 5) is 12.0. The molecule has 104 valence electrons. The molecule has 0 amide bonds. The molecule has 0 aliphatic rings. The highest BCUT2D eigenvalue weighted by atomic mass is 16.1. The van der Waals surface area contributed by atoms with Crippen LogP contribution in [0.5, 0.6) is 0 Å². The van der Waals surface area contributed by atoms with Crippen molar-refractivity contribution < 1.29 is 4.79 Å². The highest BCUT2D eigenvalue weighted by Crippen LogP contribution is 2.12. The lowest BCUT2D eigenvalue weighted by Crippen LogP contribution is -1.95. The molecule has 0 saturated carbocycles. The third-order valence-electron chi connectivity index (χ3n) is 3.36. The van der Waals surface area contributed by atoms with E-state index in [2.05, 4.69) is 13.8 Å². The molecule has 19 heavy (non-hydrogen) atoms. The number of hydrogen-bond donors (Lipinski definition) is 0. The lowest BCUT2D eigenvalue weighted by Gasteiger charge is -2.02. The van der Waals surface area contributed by atoms with E-state index in [1.165, 1.54) is 44.1 Å². The molecular formula is C18H26O. The molecule has 0 spiro atoms. The largest absolute Gasteiger partial charge is 0.289 e. The van der Waals surface area contributed by atoms with Crippen molar-refractivity contribution in [2.75, 3.05) is 0 Å². The molecule has 0 aliphatic carbocycles. The second kappa shape index (κ2) is 9.55. The van der Waals surface area contributed by atoms with Crippen molar-refractivity contribution in [1.29, 1.82) is 0 Å². The van der Waals surface area contributed by atoms with E-state index in [0.717, 1.165) is 12.0 Å². The molecule has 1 aromatic carbocycles. The summed E-state index contributed by atoms with van der Waals surface area (Å²) in [5, 5.41) is 0. The third kappa shape index (κ3) is 6.95. The van der Waals surface area contributed by atoms with Crippen LogP contribution in [0.3, 0.4) is 0 Å². The monoisotopic (exact) mass is 258 g/mol. The van der Waals surface area contributed by atoms with Gasteiger partial charge in [-0.15, -0.1) is 0 Å². The zero-order chi connectivity index (χ0) is 13.9. The smallest absolute Gasteiger partial charge is 0.185 e. The first kappa shape index (κ1) is 15.7. The van der Waals surface area contributed by atoms with Crippen LogP contribution in [-0.2, 0) is 0 Å². The van der Waals surface area contributed by atoms with Gasteiger partial charge in [0.25, 0.3) is 0 Å². The Morgan fingerprint density at radius 2 is 1.63 bits per heavy atom. The molecule has 1 nitrogen and oxygen atoms in total. The Bertz CT molecular complexity index is 389. The molecule has 0 bridgehead atoms. The number of hydrogen-bond acceptors (Lipinski definition) is 1. The quantitative estimate of drug-likeness (QED) is 0.321. The maximum atomic E-state index is 12.0. The van der Waals surface area contributed by atoms with E-state index in [4.69, 9.17) is 0 Å². The molecule has 0 fully saturated rings. The van der Waals surface area contributed by atoms with Gasteiger partial charge in [-0.3, -0.25) is 4.79 Å². The molecule has 1 aromatic rings. The average Bonchev–Trinajstić information content (AvgIpc) is 2.43. The molecule has 0 aromatic heterocycles. The van der Waals surface area contributed by atoms with E-state index in [-0.39, 0.29) is 5.78 Å². The van der Waals surface area contributed by atoms with Crippen LogP contribution in [-0.4, -0.2) is 5.78 Å². The van der Waals surface area contributed by atoms with Crippen molar-refractivity contribution >= 4 is 5.78 Å². The molecule has 0 unspecified atom stereocenters. The fourth-order valence-corrected chi connectivity index (χ4v) is 2.17. The number of rotatable bonds is 9. The summed E-state index contributed by atoms with van der Waals surface area (Å²) < 4.78 is 0. The third-order valence-corrected chi connectivity index (χ3v) is 3.36. The van der Waals surface area contributed by atoms with Gasteiger partial charge in [-0.05, 0) is 25.8 Å². The highest BCUT2D eigenvalue weighted by molar-refractivity contribution is 6.04. The van der Waals surface area contributed by atoms with Gasteiger partial charge >= 0.3 is 0 Å². The van der Waals surface area contributed by atoms with Crippen molar-refractivity contribution in [3.05, 3.63) is 47.5 Å². The Balaban J connectivity index is 2.27. The zero-order valence-electron chi connectivity index (χ0n) is 12.3. The first-order valence-corrected chi connectivity index (χ1v) is 7.50. The maximum Gasteiger partial charge on any atom is 0.185 e. The summed E-state index contributed by atoms with van der Waals surface area (Å²) >= 11 is 0. The Hall–Kier alpha value is -1.37. The second-order valence-electron chi connectivity index (χ2n) is 5.24. The topological polar surface area (TPSA) is 17.1 Å². The van der Waals surface area contributed by atoms with Crippen LogP contribution in [0.4, 0.5) is 0 Å². The number of ketones is 1. The molecule has 0 aliphatic heterocycles. The number of allylic oxidation sites excluding steroid dienone is 2. The fraction of sp³-hybridized carbons (Fsp3) is 0.500. The van der Waals surface area contributed by atoms with Crippen LogP contribution in [0.2, 0.25) is 0 Å². The number of unbranched alkanes of at least 4 members (excludes halogenated alkanes) is 5. The summed E-state index contributed by atoms with van der Waals surface area (Å²) in [6.07, 6.45) is 10.6. The predicted molar refractivity (Wildman–Crippen MR) is 82.5 cm³/mol. The van der Waals surface area contributed by atoms with E-state index >= 15 is 0 Å². The minimum atomic E-state index is 0.129. The van der Waals surface area contributed by atoms with Crippen molar-refractivity contribution in [3.63, 3.8) is 0 Å². The fourth-order valence-electron chi connectivity index (χ4n) is 2.17. The summed E-state index contributed by atoms with van der Waals surface area (Å²) in [7, 11) is 0. The molecule has 0 radical (unpaired) electrons. The lowest BCUT2D eigenvalue weighted by molar-refractivity contribution is 0.104. The van der Waals surface area contributed by atoms with E-state index in [1.54, 1.807) is 6.08 Å². The normalized spacial score (nSPS) is 11.6. The van der Waals surface area contributed by atoms with Crippen LogP contribution in [0.15, 0.2) is 42.0 Å². The average molecular weight is 258 g/mol. The van der Waals surface area contributed by atoms with Gasteiger partial charge in [-0.1, -0.05) is 74.9 Å². The van der Waals surface area contributed by atoms with Gasteiger partial charge < -0.3 is 0 Å². The Morgan fingerprint density at radius 3 is 2.32 bits per heavy atom. The van der Waals surface area contributed by atoms with Crippen molar-refractivity contribution in [1.82, 2.24) is 0 Å². The van der Waals surface area contributed by atoms with Crippen molar-refractivity contribution in [3.8, 4) is 0 Å². The molecule has 0 atom stereocenters. The van der Waals surface area contributed by atoms with Crippen LogP contribution < -0.4 is 0 Å². The maximum absolute atomic E-state index is 12.0. The van der Waals surface area contributed by atoms with Crippen molar-refractivity contribution in [2.45, 2.75) is 58.8 Å². The van der Waals surface area contributed by atoms with Gasteiger partial charge in [0.05, 0.1) is 0 Å². The van der Waals surface area contributed by atoms with Gasteiger partial charge in [0.1, 0.15) is 0 Å².